The van der Waals surface area contributed by atoms with Gasteiger partial charge in [-0.1, -0.05) is 32.4 Å². The number of Topliss-reactive ketones (excluding diaryl/α,β-unsaturated/α-hetero) is 1. The molecule has 174 valence electrons. The molecule has 3 aliphatic rings. The molecule has 0 bridgehead atoms. The smallest absolute Gasteiger partial charge is 0.342 e. The van der Waals surface area contributed by atoms with Crippen LogP contribution in [0.2, 0.25) is 0 Å². The van der Waals surface area contributed by atoms with Crippen LogP contribution in [-0.2, 0) is 23.9 Å². The van der Waals surface area contributed by atoms with Crippen LogP contribution >= 0.6 is 0 Å². The monoisotopic (exact) mass is 453 g/mol. The predicted molar refractivity (Wildman–Crippen MR) is 116 cm³/mol. The third kappa shape index (κ3) is 3.77. The Labute approximate surface area is 191 Å². The van der Waals surface area contributed by atoms with Crippen molar-refractivity contribution in [3.05, 3.63) is 46.5 Å². The SMILES string of the molecule is CC1=C(C(=O)COC(=O)C(C(C)C)N2C(=O)c3ccccc3C2=O)C(=O)OC12CCCCC2. The lowest BCUT2D eigenvalue weighted by Crippen LogP contribution is -2.49. The minimum Gasteiger partial charge on any atom is -0.456 e. The van der Waals surface area contributed by atoms with Crippen molar-refractivity contribution in [2.75, 3.05) is 6.61 Å². The molecule has 1 atom stereocenters. The molecule has 2 heterocycles. The Balaban J connectivity index is 1.49. The molecule has 0 radical (unpaired) electrons. The van der Waals surface area contributed by atoms with Gasteiger partial charge in [0.15, 0.2) is 6.61 Å². The topological polar surface area (TPSA) is 107 Å². The van der Waals surface area contributed by atoms with Crippen molar-refractivity contribution < 1.29 is 33.4 Å². The maximum atomic E-state index is 12.9. The van der Waals surface area contributed by atoms with Crippen LogP contribution in [0.25, 0.3) is 0 Å². The molecule has 33 heavy (non-hydrogen) atoms. The van der Waals surface area contributed by atoms with Crippen molar-refractivity contribution in [3.63, 3.8) is 0 Å². The number of hydrogen-bond acceptors (Lipinski definition) is 7. The van der Waals surface area contributed by atoms with E-state index in [2.05, 4.69) is 0 Å². The molecule has 0 aromatic heterocycles. The number of ether oxygens (including phenoxy) is 2. The summed E-state index contributed by atoms with van der Waals surface area (Å²) in [6, 6.07) is 5.16. The summed E-state index contributed by atoms with van der Waals surface area (Å²) >= 11 is 0. The zero-order chi connectivity index (χ0) is 23.9. The number of benzene rings is 1. The van der Waals surface area contributed by atoms with Crippen molar-refractivity contribution in [2.24, 2.45) is 5.92 Å². The van der Waals surface area contributed by atoms with E-state index in [4.69, 9.17) is 9.47 Å². The van der Waals surface area contributed by atoms with Crippen molar-refractivity contribution in [2.45, 2.75) is 64.5 Å². The van der Waals surface area contributed by atoms with Crippen molar-refractivity contribution in [3.8, 4) is 0 Å². The molecule has 8 nitrogen and oxygen atoms in total. The van der Waals surface area contributed by atoms with E-state index in [-0.39, 0.29) is 16.7 Å². The number of imide groups is 1. The Hall–Kier alpha value is -3.29. The summed E-state index contributed by atoms with van der Waals surface area (Å²) in [6.45, 7) is 4.43. The molecule has 1 aliphatic carbocycles. The van der Waals surface area contributed by atoms with Crippen LogP contribution in [0, 0.1) is 5.92 Å². The van der Waals surface area contributed by atoms with Crippen LogP contribution in [-0.4, -0.2) is 52.7 Å². The fraction of sp³-hybridized carbons (Fsp3) is 0.480. The van der Waals surface area contributed by atoms with Gasteiger partial charge in [0.1, 0.15) is 17.2 Å². The van der Waals surface area contributed by atoms with Crippen molar-refractivity contribution in [1.29, 1.82) is 0 Å². The van der Waals surface area contributed by atoms with Gasteiger partial charge in [0.25, 0.3) is 11.8 Å². The third-order valence-corrected chi connectivity index (χ3v) is 6.81. The highest BCUT2D eigenvalue weighted by molar-refractivity contribution is 6.23. The molecule has 0 saturated heterocycles. The second-order valence-corrected chi connectivity index (χ2v) is 9.19. The van der Waals surface area contributed by atoms with Gasteiger partial charge in [0, 0.05) is 0 Å². The number of hydrogen-bond donors (Lipinski definition) is 0. The number of carbonyl (C=O) groups excluding carboxylic acids is 5. The zero-order valence-electron chi connectivity index (χ0n) is 19.0. The van der Waals surface area contributed by atoms with Crippen LogP contribution < -0.4 is 0 Å². The van der Waals surface area contributed by atoms with Gasteiger partial charge in [-0.25, -0.2) is 9.59 Å². The van der Waals surface area contributed by atoms with Gasteiger partial charge in [-0.3, -0.25) is 19.3 Å². The summed E-state index contributed by atoms with van der Waals surface area (Å²) < 4.78 is 10.8. The Morgan fingerprint density at radius 3 is 2.15 bits per heavy atom. The molecule has 0 N–H and O–H groups in total. The molecular weight excluding hydrogens is 426 g/mol. The molecule has 1 spiro atoms. The second-order valence-electron chi connectivity index (χ2n) is 9.19. The van der Waals surface area contributed by atoms with E-state index in [1.807, 2.05) is 0 Å². The molecule has 2 amide bonds. The number of ketones is 1. The zero-order valence-corrected chi connectivity index (χ0v) is 19.0. The average molecular weight is 453 g/mol. The first kappa shape index (κ1) is 22.9. The fourth-order valence-corrected chi connectivity index (χ4v) is 5.04. The third-order valence-electron chi connectivity index (χ3n) is 6.81. The lowest BCUT2D eigenvalue weighted by molar-refractivity contribution is -0.154. The number of amides is 2. The first-order valence-electron chi connectivity index (χ1n) is 11.3. The summed E-state index contributed by atoms with van der Waals surface area (Å²) in [5, 5.41) is 0. The fourth-order valence-electron chi connectivity index (χ4n) is 5.04. The van der Waals surface area contributed by atoms with Crippen LogP contribution in [0.1, 0.15) is 73.6 Å². The molecule has 1 fully saturated rings. The molecule has 1 aromatic carbocycles. The molecule has 1 saturated carbocycles. The Morgan fingerprint density at radius 1 is 1.03 bits per heavy atom. The van der Waals surface area contributed by atoms with E-state index in [0.717, 1.165) is 24.2 Å². The van der Waals surface area contributed by atoms with E-state index in [1.54, 1.807) is 32.9 Å². The first-order chi connectivity index (χ1) is 15.7. The van der Waals surface area contributed by atoms with E-state index < -0.39 is 53.7 Å². The lowest BCUT2D eigenvalue weighted by Gasteiger charge is -2.33. The van der Waals surface area contributed by atoms with Crippen LogP contribution in [0.3, 0.4) is 0 Å². The maximum Gasteiger partial charge on any atom is 0.342 e. The van der Waals surface area contributed by atoms with Gasteiger partial charge in [0.05, 0.1) is 11.1 Å². The van der Waals surface area contributed by atoms with Crippen molar-refractivity contribution in [1.82, 2.24) is 4.90 Å². The summed E-state index contributed by atoms with van der Waals surface area (Å²) in [6.07, 6.45) is 4.24. The second kappa shape index (κ2) is 8.57. The van der Waals surface area contributed by atoms with Crippen LogP contribution in [0.15, 0.2) is 35.4 Å². The van der Waals surface area contributed by atoms with E-state index in [0.29, 0.717) is 18.4 Å². The molecule has 1 unspecified atom stereocenters. The van der Waals surface area contributed by atoms with Gasteiger partial charge in [-0.05, 0) is 56.2 Å². The Kier molecular flexibility index (Phi) is 5.95. The Bertz CT molecular complexity index is 1040. The summed E-state index contributed by atoms with van der Waals surface area (Å²) in [4.78, 5) is 64.8. The first-order valence-corrected chi connectivity index (χ1v) is 11.3. The lowest BCUT2D eigenvalue weighted by atomic mass is 9.79. The van der Waals surface area contributed by atoms with Gasteiger partial charge in [0.2, 0.25) is 5.78 Å². The number of fused-ring (bicyclic) bond motifs is 1. The minimum absolute atomic E-state index is 0.0634. The van der Waals surface area contributed by atoms with E-state index >= 15 is 0 Å². The highest BCUT2D eigenvalue weighted by Gasteiger charge is 2.48. The minimum atomic E-state index is -1.19. The van der Waals surface area contributed by atoms with Gasteiger partial charge in [-0.2, -0.15) is 0 Å². The number of carbonyl (C=O) groups is 5. The Morgan fingerprint density at radius 2 is 1.61 bits per heavy atom. The molecule has 8 heteroatoms. The van der Waals surface area contributed by atoms with Crippen molar-refractivity contribution >= 4 is 29.5 Å². The molecule has 4 rings (SSSR count). The summed E-state index contributed by atoms with van der Waals surface area (Å²) in [5.74, 6) is -3.79. The summed E-state index contributed by atoms with van der Waals surface area (Å²) in [7, 11) is 0. The highest BCUT2D eigenvalue weighted by Crippen LogP contribution is 2.43. The largest absolute Gasteiger partial charge is 0.456 e. The van der Waals surface area contributed by atoms with E-state index in [9.17, 15) is 24.0 Å². The highest BCUT2D eigenvalue weighted by atomic mass is 16.6. The number of nitrogens with zero attached hydrogens (tertiary/aromatic N) is 1. The van der Waals surface area contributed by atoms with E-state index in [1.165, 1.54) is 12.1 Å². The standard InChI is InChI=1S/C25H27NO7/c1-14(2)20(26-21(28)16-9-5-6-10-17(16)22(26)29)24(31)32-13-18(27)19-15(3)25(33-23(19)30)11-7-4-8-12-25/h5-6,9-10,14,20H,4,7-8,11-13H2,1-3H3. The molecule has 1 aromatic rings. The predicted octanol–water partition coefficient (Wildman–Crippen LogP) is 3.00. The van der Waals surface area contributed by atoms with Gasteiger partial charge in [-0.15, -0.1) is 0 Å². The number of rotatable bonds is 6. The summed E-state index contributed by atoms with van der Waals surface area (Å²) in [5.41, 5.74) is 0.249. The van der Waals surface area contributed by atoms with Gasteiger partial charge >= 0.3 is 11.9 Å². The van der Waals surface area contributed by atoms with Crippen LogP contribution in [0.5, 0.6) is 0 Å². The van der Waals surface area contributed by atoms with Gasteiger partial charge < -0.3 is 9.47 Å². The normalized spacial score (nSPS) is 20.4. The number of esters is 2. The van der Waals surface area contributed by atoms with Crippen LogP contribution in [0.4, 0.5) is 0 Å². The maximum absolute atomic E-state index is 12.9. The molecule has 2 aliphatic heterocycles. The quantitative estimate of drug-likeness (QED) is 0.370. The average Bonchev–Trinajstić information content (AvgIpc) is 3.17. The molecular formula is C25H27NO7.